The van der Waals surface area contributed by atoms with Crippen LogP contribution in [0, 0.1) is 12.7 Å². The smallest absolute Gasteiger partial charge is 0.265 e. The van der Waals surface area contributed by atoms with Gasteiger partial charge in [-0.3, -0.25) is 9.78 Å². The molecule has 2 aliphatic rings. The van der Waals surface area contributed by atoms with Crippen LogP contribution < -0.4 is 5.56 Å². The molecule has 0 aliphatic carbocycles. The zero-order valence-electron chi connectivity index (χ0n) is 19.9. The van der Waals surface area contributed by atoms with Gasteiger partial charge in [-0.1, -0.05) is 11.6 Å². The average Bonchev–Trinajstić information content (AvgIpc) is 3.24. The van der Waals surface area contributed by atoms with Gasteiger partial charge >= 0.3 is 0 Å². The van der Waals surface area contributed by atoms with Crippen LogP contribution in [-0.4, -0.2) is 26.0 Å². The lowest BCUT2D eigenvalue weighted by atomic mass is 9.89. The number of aromatic nitrogens is 4. The molecule has 36 heavy (non-hydrogen) atoms. The van der Waals surface area contributed by atoms with Crippen LogP contribution in [0.3, 0.4) is 0 Å². The van der Waals surface area contributed by atoms with Crippen LogP contribution >= 0.6 is 11.6 Å². The van der Waals surface area contributed by atoms with Crippen molar-refractivity contribution in [2.45, 2.75) is 51.4 Å². The third kappa shape index (κ3) is 3.99. The van der Waals surface area contributed by atoms with Crippen molar-refractivity contribution in [3.05, 3.63) is 92.0 Å². The van der Waals surface area contributed by atoms with Gasteiger partial charge in [0.05, 0.1) is 35.6 Å². The third-order valence-corrected chi connectivity index (χ3v) is 7.23. The summed E-state index contributed by atoms with van der Waals surface area (Å²) in [6, 6.07) is 10.2. The van der Waals surface area contributed by atoms with E-state index in [0.717, 1.165) is 23.4 Å². The molecule has 184 valence electrons. The average molecular weight is 507 g/mol. The minimum absolute atomic E-state index is 0.0386. The van der Waals surface area contributed by atoms with Crippen molar-refractivity contribution in [2.24, 2.45) is 0 Å². The molecule has 3 aromatic heterocycles. The first-order chi connectivity index (χ1) is 17.4. The second kappa shape index (κ2) is 9.03. The van der Waals surface area contributed by atoms with Crippen molar-refractivity contribution in [3.63, 3.8) is 0 Å². The standard InChI is InChI=1S/C27H24ClFN4O3/c1-14-9-17(5-7-30-14)23-10-16(6-8-35-23)21-12-24-31-22-13-36-15(2)25(22)27(34)33(24)26(32-21)19-4-3-18(28)11-20(19)29/h3-5,7,9,11-12,15-16,23H,6,8,10,13H2,1-2H3/t15-,16+,23-/m0/s1. The van der Waals surface area contributed by atoms with E-state index in [4.69, 9.17) is 31.0 Å². The third-order valence-electron chi connectivity index (χ3n) is 6.99. The maximum absolute atomic E-state index is 15.1. The zero-order chi connectivity index (χ0) is 25.0. The molecular formula is C27H24ClFN4O3. The SMILES string of the molecule is Cc1cc([C@@H]2C[C@H](c3cc4nc5c(c(=O)n4c(-c4ccc(Cl)cc4F)n3)[C@H](C)OC5)CCO2)ccn1. The van der Waals surface area contributed by atoms with Gasteiger partial charge in [0.2, 0.25) is 0 Å². The Morgan fingerprint density at radius 3 is 2.81 bits per heavy atom. The lowest BCUT2D eigenvalue weighted by Gasteiger charge is -2.30. The molecule has 0 unspecified atom stereocenters. The summed E-state index contributed by atoms with van der Waals surface area (Å²) in [6.45, 7) is 4.60. The zero-order valence-corrected chi connectivity index (χ0v) is 20.6. The highest BCUT2D eigenvalue weighted by Crippen LogP contribution is 2.38. The molecule has 0 amide bonds. The Labute approximate surface area is 211 Å². The molecule has 0 bridgehead atoms. The fraction of sp³-hybridized carbons (Fsp3) is 0.333. The first-order valence-corrected chi connectivity index (χ1v) is 12.3. The Hall–Kier alpha value is -3.20. The van der Waals surface area contributed by atoms with E-state index >= 15 is 4.39 Å². The van der Waals surface area contributed by atoms with E-state index in [2.05, 4.69) is 4.98 Å². The minimum atomic E-state index is -0.553. The molecular weight excluding hydrogens is 483 g/mol. The van der Waals surface area contributed by atoms with Crippen LogP contribution in [0.1, 0.15) is 66.1 Å². The van der Waals surface area contributed by atoms with E-state index < -0.39 is 5.82 Å². The van der Waals surface area contributed by atoms with E-state index in [1.54, 1.807) is 18.3 Å². The molecule has 5 heterocycles. The van der Waals surface area contributed by atoms with Crippen LogP contribution in [-0.2, 0) is 16.1 Å². The number of fused-ring (bicyclic) bond motifs is 2. The van der Waals surface area contributed by atoms with Crippen LogP contribution in [0.2, 0.25) is 5.02 Å². The fourth-order valence-electron chi connectivity index (χ4n) is 5.17. The molecule has 3 atom stereocenters. The summed E-state index contributed by atoms with van der Waals surface area (Å²) in [5, 5.41) is 0.269. The van der Waals surface area contributed by atoms with Crippen molar-refractivity contribution in [2.75, 3.05) is 6.61 Å². The number of rotatable bonds is 3. The maximum atomic E-state index is 15.1. The van der Waals surface area contributed by atoms with Crippen molar-refractivity contribution in [1.82, 2.24) is 19.4 Å². The fourth-order valence-corrected chi connectivity index (χ4v) is 5.33. The lowest BCUT2D eigenvalue weighted by Crippen LogP contribution is -2.25. The number of nitrogens with zero attached hydrogens (tertiary/aromatic N) is 4. The number of pyridine rings is 1. The van der Waals surface area contributed by atoms with Gasteiger partial charge < -0.3 is 9.47 Å². The number of ether oxygens (including phenoxy) is 2. The molecule has 0 saturated carbocycles. The van der Waals surface area contributed by atoms with E-state index in [-0.39, 0.29) is 46.7 Å². The van der Waals surface area contributed by atoms with Crippen molar-refractivity contribution < 1.29 is 13.9 Å². The summed E-state index contributed by atoms with van der Waals surface area (Å²) in [4.78, 5) is 27.5. The first kappa shape index (κ1) is 23.2. The monoisotopic (exact) mass is 506 g/mol. The highest BCUT2D eigenvalue weighted by Gasteiger charge is 2.30. The molecule has 4 aromatic rings. The number of benzene rings is 1. The highest BCUT2D eigenvalue weighted by atomic mass is 35.5. The predicted molar refractivity (Wildman–Crippen MR) is 133 cm³/mol. The second-order valence-corrected chi connectivity index (χ2v) is 9.80. The van der Waals surface area contributed by atoms with Gasteiger partial charge in [-0.2, -0.15) is 0 Å². The van der Waals surface area contributed by atoms with E-state index in [9.17, 15) is 4.79 Å². The molecule has 1 saturated heterocycles. The van der Waals surface area contributed by atoms with Crippen molar-refractivity contribution >= 4 is 17.2 Å². The number of aryl methyl sites for hydroxylation is 1. The molecule has 9 heteroatoms. The van der Waals surface area contributed by atoms with Crippen molar-refractivity contribution in [3.8, 4) is 11.4 Å². The van der Waals surface area contributed by atoms with Gasteiger partial charge in [0, 0.05) is 41.2 Å². The maximum Gasteiger partial charge on any atom is 0.265 e. The van der Waals surface area contributed by atoms with Gasteiger partial charge in [-0.15, -0.1) is 0 Å². The molecule has 7 nitrogen and oxygen atoms in total. The van der Waals surface area contributed by atoms with Gasteiger partial charge in [0.25, 0.3) is 5.56 Å². The highest BCUT2D eigenvalue weighted by molar-refractivity contribution is 6.30. The molecule has 0 radical (unpaired) electrons. The normalized spacial score (nSPS) is 21.6. The van der Waals surface area contributed by atoms with Gasteiger partial charge in [-0.05, 0) is 62.6 Å². The van der Waals surface area contributed by atoms with Crippen LogP contribution in [0.15, 0.2) is 47.4 Å². The summed E-state index contributed by atoms with van der Waals surface area (Å²) >= 11 is 6.01. The Bertz CT molecular complexity index is 1560. The predicted octanol–water partition coefficient (Wildman–Crippen LogP) is 5.48. The van der Waals surface area contributed by atoms with Crippen LogP contribution in [0.5, 0.6) is 0 Å². The number of hydrogen-bond acceptors (Lipinski definition) is 6. The topological polar surface area (TPSA) is 78.6 Å². The molecule has 0 N–H and O–H groups in total. The Kier molecular flexibility index (Phi) is 5.82. The van der Waals surface area contributed by atoms with E-state index in [1.165, 1.54) is 10.5 Å². The molecule has 2 aliphatic heterocycles. The van der Waals surface area contributed by atoms with Crippen LogP contribution in [0.25, 0.3) is 17.0 Å². The van der Waals surface area contributed by atoms with E-state index in [1.807, 2.05) is 32.0 Å². The second-order valence-electron chi connectivity index (χ2n) is 9.36. The van der Waals surface area contributed by atoms with E-state index in [0.29, 0.717) is 29.9 Å². The Morgan fingerprint density at radius 2 is 2.00 bits per heavy atom. The van der Waals surface area contributed by atoms with Gasteiger partial charge in [-0.25, -0.2) is 18.8 Å². The van der Waals surface area contributed by atoms with Crippen molar-refractivity contribution in [1.29, 1.82) is 0 Å². The first-order valence-electron chi connectivity index (χ1n) is 12.0. The molecule has 0 spiro atoms. The minimum Gasteiger partial charge on any atom is -0.373 e. The summed E-state index contributed by atoms with van der Waals surface area (Å²) in [6.07, 6.45) is 2.74. The lowest BCUT2D eigenvalue weighted by molar-refractivity contribution is 0.00457. The molecule has 6 rings (SSSR count). The van der Waals surface area contributed by atoms with Gasteiger partial charge in [0.1, 0.15) is 11.5 Å². The summed E-state index contributed by atoms with van der Waals surface area (Å²) in [5.41, 5.74) is 4.16. The Balaban J connectivity index is 1.52. The largest absolute Gasteiger partial charge is 0.373 e. The molecule has 1 aromatic carbocycles. The Morgan fingerprint density at radius 1 is 1.14 bits per heavy atom. The quantitative estimate of drug-likeness (QED) is 0.366. The summed E-state index contributed by atoms with van der Waals surface area (Å²) < 4.78 is 28.3. The molecule has 1 fully saturated rings. The number of hydrogen-bond donors (Lipinski definition) is 0. The van der Waals surface area contributed by atoms with Gasteiger partial charge in [0.15, 0.2) is 5.82 Å². The summed E-state index contributed by atoms with van der Waals surface area (Å²) in [5.74, 6) is -0.308. The number of halogens is 2. The summed E-state index contributed by atoms with van der Waals surface area (Å²) in [7, 11) is 0. The van der Waals surface area contributed by atoms with Crippen LogP contribution in [0.4, 0.5) is 4.39 Å².